The number of rotatable bonds is 25. The second kappa shape index (κ2) is 21.9. The lowest BCUT2D eigenvalue weighted by Crippen LogP contribution is -2.40. The van der Waals surface area contributed by atoms with Crippen molar-refractivity contribution in [3.63, 3.8) is 0 Å². The van der Waals surface area contributed by atoms with Gasteiger partial charge in [0.25, 0.3) is 0 Å². The van der Waals surface area contributed by atoms with E-state index in [2.05, 4.69) is 32.9 Å². The molecule has 0 bridgehead atoms. The fourth-order valence-corrected chi connectivity index (χ4v) is 5.93. The van der Waals surface area contributed by atoms with Crippen LogP contribution in [0.4, 0.5) is 0 Å². The molecule has 1 aromatic rings. The first-order valence-electron chi connectivity index (χ1n) is 17.6. The Morgan fingerprint density at radius 3 is 2.05 bits per heavy atom. The van der Waals surface area contributed by atoms with Crippen LogP contribution in [0.5, 0.6) is 5.75 Å². The van der Waals surface area contributed by atoms with Crippen LogP contribution in [-0.4, -0.2) is 49.0 Å². The molecule has 0 saturated carbocycles. The van der Waals surface area contributed by atoms with Crippen LogP contribution in [0.3, 0.4) is 0 Å². The molecule has 1 aliphatic rings. The van der Waals surface area contributed by atoms with Crippen LogP contribution < -0.4 is 4.74 Å². The maximum atomic E-state index is 12.2. The number of fused-ring (bicyclic) bond motifs is 1. The van der Waals surface area contributed by atoms with Crippen molar-refractivity contribution in [2.75, 3.05) is 27.2 Å². The van der Waals surface area contributed by atoms with E-state index in [-0.39, 0.29) is 12.3 Å². The summed E-state index contributed by atoms with van der Waals surface area (Å²) in [6.07, 6.45) is 26.0. The third-order valence-electron chi connectivity index (χ3n) is 8.61. The van der Waals surface area contributed by atoms with Gasteiger partial charge in [-0.3, -0.25) is 9.78 Å². The average molecular weight is 590 g/mol. The summed E-state index contributed by atoms with van der Waals surface area (Å²) >= 11 is 0. The normalized spacial score (nSPS) is 14.9. The Hall–Kier alpha value is -1.66. The number of pyridine rings is 1. The van der Waals surface area contributed by atoms with Crippen molar-refractivity contribution in [2.45, 2.75) is 169 Å². The predicted octanol–water partition coefficient (Wildman–Crippen LogP) is 9.59. The van der Waals surface area contributed by atoms with Crippen LogP contribution in [-0.2, 0) is 27.4 Å². The van der Waals surface area contributed by atoms with Gasteiger partial charge in [0.1, 0.15) is 12.3 Å². The van der Waals surface area contributed by atoms with Crippen LogP contribution in [0.15, 0.2) is 6.20 Å². The Balaban J connectivity index is 1.61. The summed E-state index contributed by atoms with van der Waals surface area (Å²) in [6, 6.07) is 0. The van der Waals surface area contributed by atoms with Gasteiger partial charge < -0.3 is 18.7 Å². The van der Waals surface area contributed by atoms with Crippen LogP contribution in [0.2, 0.25) is 0 Å². The summed E-state index contributed by atoms with van der Waals surface area (Å²) in [4.78, 5) is 16.9. The number of carbonyl (C=O) groups is 1. The highest BCUT2D eigenvalue weighted by atomic mass is 16.7. The molecule has 0 N–H and O–H groups in total. The SMILES string of the molecule is CCCCCCCCCCCCCC(=O)OCCC[N+](C)(C)Cc1cnc(C)c2c1COC(CCCCCCCC)O2. The minimum Gasteiger partial charge on any atom is -0.465 e. The Labute approximate surface area is 258 Å². The third-order valence-corrected chi connectivity index (χ3v) is 8.61. The second-order valence-corrected chi connectivity index (χ2v) is 13.3. The Morgan fingerprint density at radius 1 is 0.857 bits per heavy atom. The van der Waals surface area contributed by atoms with E-state index in [0.717, 1.165) is 66.7 Å². The number of carbonyl (C=O) groups excluding carboxylic acids is 1. The van der Waals surface area contributed by atoms with Crippen molar-refractivity contribution in [1.29, 1.82) is 0 Å². The quantitative estimate of drug-likeness (QED) is 0.0646. The fourth-order valence-electron chi connectivity index (χ4n) is 5.93. The molecule has 1 unspecified atom stereocenters. The zero-order valence-corrected chi connectivity index (χ0v) is 28.2. The van der Waals surface area contributed by atoms with E-state index in [1.807, 2.05) is 13.1 Å². The first-order chi connectivity index (χ1) is 20.4. The average Bonchev–Trinajstić information content (AvgIpc) is 2.97. The zero-order chi connectivity index (χ0) is 30.5. The summed E-state index contributed by atoms with van der Waals surface area (Å²) in [7, 11) is 4.45. The third kappa shape index (κ3) is 15.7. The summed E-state index contributed by atoms with van der Waals surface area (Å²) in [5.41, 5.74) is 3.28. The molecule has 0 amide bonds. The van der Waals surface area contributed by atoms with Gasteiger partial charge in [0.2, 0.25) is 0 Å². The van der Waals surface area contributed by atoms with Crippen LogP contribution >= 0.6 is 0 Å². The highest BCUT2D eigenvalue weighted by Gasteiger charge is 2.27. The lowest BCUT2D eigenvalue weighted by molar-refractivity contribution is -0.903. The molecule has 2 heterocycles. The van der Waals surface area contributed by atoms with E-state index in [9.17, 15) is 4.79 Å². The highest BCUT2D eigenvalue weighted by Crippen LogP contribution is 2.33. The van der Waals surface area contributed by atoms with Gasteiger partial charge in [-0.2, -0.15) is 0 Å². The molecule has 2 rings (SSSR count). The molecule has 1 aliphatic heterocycles. The lowest BCUT2D eigenvalue weighted by Gasteiger charge is -2.33. The number of nitrogens with zero attached hydrogens (tertiary/aromatic N) is 2. The molecular formula is C36H65N2O4+. The van der Waals surface area contributed by atoms with E-state index in [0.29, 0.717) is 19.6 Å². The van der Waals surface area contributed by atoms with E-state index >= 15 is 0 Å². The number of aromatic nitrogens is 1. The number of unbranched alkanes of at least 4 members (excludes halogenated alkanes) is 15. The summed E-state index contributed by atoms with van der Waals surface area (Å²) in [6.45, 7) is 9.41. The van der Waals surface area contributed by atoms with Gasteiger partial charge in [-0.1, -0.05) is 110 Å². The summed E-state index contributed by atoms with van der Waals surface area (Å²) in [5, 5.41) is 0. The molecule has 0 aromatic carbocycles. The van der Waals surface area contributed by atoms with Crippen molar-refractivity contribution in [2.24, 2.45) is 0 Å². The molecule has 0 aliphatic carbocycles. The second-order valence-electron chi connectivity index (χ2n) is 13.3. The highest BCUT2D eigenvalue weighted by molar-refractivity contribution is 5.69. The number of quaternary nitrogens is 1. The zero-order valence-electron chi connectivity index (χ0n) is 28.2. The Morgan fingerprint density at radius 2 is 1.43 bits per heavy atom. The fraction of sp³-hybridized carbons (Fsp3) is 0.833. The molecule has 0 spiro atoms. The minimum atomic E-state index is -0.165. The van der Waals surface area contributed by atoms with Crippen molar-refractivity contribution in [3.05, 3.63) is 23.0 Å². The van der Waals surface area contributed by atoms with Gasteiger partial charge in [0.05, 0.1) is 39.5 Å². The Kier molecular flexibility index (Phi) is 19.1. The largest absolute Gasteiger partial charge is 0.465 e. The van der Waals surface area contributed by atoms with Crippen molar-refractivity contribution < 1.29 is 23.5 Å². The monoisotopic (exact) mass is 589 g/mol. The molecule has 0 fully saturated rings. The molecule has 42 heavy (non-hydrogen) atoms. The van der Waals surface area contributed by atoms with Gasteiger partial charge in [-0.05, 0) is 19.8 Å². The van der Waals surface area contributed by atoms with Crippen molar-refractivity contribution >= 4 is 5.97 Å². The molecule has 1 aromatic heterocycles. The predicted molar refractivity (Wildman–Crippen MR) is 174 cm³/mol. The van der Waals surface area contributed by atoms with E-state index in [1.165, 1.54) is 95.5 Å². The molecule has 0 radical (unpaired) electrons. The van der Waals surface area contributed by atoms with Gasteiger partial charge in [-0.15, -0.1) is 0 Å². The van der Waals surface area contributed by atoms with E-state index in [4.69, 9.17) is 14.2 Å². The maximum absolute atomic E-state index is 12.2. The van der Waals surface area contributed by atoms with E-state index < -0.39 is 0 Å². The van der Waals surface area contributed by atoms with Crippen LogP contribution in [0.25, 0.3) is 0 Å². The molecule has 6 nitrogen and oxygen atoms in total. The van der Waals surface area contributed by atoms with Gasteiger partial charge >= 0.3 is 5.97 Å². The lowest BCUT2D eigenvalue weighted by atomic mass is 10.1. The van der Waals surface area contributed by atoms with Crippen molar-refractivity contribution in [3.8, 4) is 5.75 Å². The summed E-state index contributed by atoms with van der Waals surface area (Å²) < 4.78 is 18.8. The molecule has 1 atom stereocenters. The molecule has 242 valence electrons. The maximum Gasteiger partial charge on any atom is 0.305 e. The number of aryl methyl sites for hydroxylation is 1. The minimum absolute atomic E-state index is 0.0437. The first-order valence-corrected chi connectivity index (χ1v) is 17.6. The molecule has 0 saturated heterocycles. The topological polar surface area (TPSA) is 57.7 Å². The van der Waals surface area contributed by atoms with Gasteiger partial charge in [-0.25, -0.2) is 0 Å². The van der Waals surface area contributed by atoms with E-state index in [1.54, 1.807) is 0 Å². The standard InChI is InChI=1S/C36H65N2O4/c1-6-8-10-12-14-15-16-17-18-19-21-24-34(39)40-27-23-26-38(4,5)29-32-28-37-31(3)36-33(32)30-41-35(42-36)25-22-20-13-11-9-7-2/h28,35H,6-27,29-30H2,1-5H3/q+1. The molecule has 6 heteroatoms. The first kappa shape index (κ1) is 36.5. The summed E-state index contributed by atoms with van der Waals surface area (Å²) in [5.74, 6) is 0.879. The van der Waals surface area contributed by atoms with Gasteiger partial charge in [0, 0.05) is 36.6 Å². The van der Waals surface area contributed by atoms with Crippen LogP contribution in [0, 0.1) is 6.92 Å². The van der Waals surface area contributed by atoms with Crippen molar-refractivity contribution in [1.82, 2.24) is 4.98 Å². The Bertz CT molecular complexity index is 857. The number of esters is 1. The molecular weight excluding hydrogens is 524 g/mol. The number of hydrogen-bond donors (Lipinski definition) is 0. The van der Waals surface area contributed by atoms with Crippen LogP contribution in [0.1, 0.15) is 159 Å². The smallest absolute Gasteiger partial charge is 0.305 e. The van der Waals surface area contributed by atoms with Gasteiger partial charge in [0.15, 0.2) is 6.29 Å². The number of hydrogen-bond acceptors (Lipinski definition) is 5. The number of ether oxygens (including phenoxy) is 3.